The Bertz CT molecular complexity index is 247. The maximum Gasteiger partial charge on any atom is 0.227 e. The van der Waals surface area contributed by atoms with Crippen LogP contribution in [0, 0.1) is 5.92 Å². The largest absolute Gasteiger partial charge is 0.340 e. The molecule has 0 aromatic heterocycles. The molecular weight excluding hydrogens is 208 g/mol. The normalized spacial score (nSPS) is 36.9. The number of thioether (sulfide) groups is 1. The van der Waals surface area contributed by atoms with Gasteiger partial charge in [0.05, 0.1) is 5.92 Å². The second kappa shape index (κ2) is 4.74. The van der Waals surface area contributed by atoms with Crippen LogP contribution in [0.2, 0.25) is 0 Å². The molecule has 1 heterocycles. The van der Waals surface area contributed by atoms with Gasteiger partial charge in [-0.15, -0.1) is 0 Å². The smallest absolute Gasteiger partial charge is 0.227 e. The number of hydrogen-bond donors (Lipinski definition) is 1. The first-order valence-corrected chi connectivity index (χ1v) is 6.89. The molecule has 2 rings (SSSR count). The monoisotopic (exact) mass is 228 g/mol. The molecule has 3 nitrogen and oxygen atoms in total. The summed E-state index contributed by atoms with van der Waals surface area (Å²) in [5, 5.41) is 0.584. The molecule has 0 aromatic carbocycles. The van der Waals surface area contributed by atoms with Gasteiger partial charge in [-0.25, -0.2) is 0 Å². The van der Waals surface area contributed by atoms with Crippen molar-refractivity contribution in [3.05, 3.63) is 0 Å². The number of carbonyl (C=O) groups excluding carboxylic acids is 1. The topological polar surface area (TPSA) is 46.3 Å². The second-order valence-corrected chi connectivity index (χ2v) is 6.21. The molecule has 0 bridgehead atoms. The first kappa shape index (κ1) is 11.3. The minimum atomic E-state index is 0.111. The SMILES string of the molecule is CC1CN(C(=O)C2CCCC2N)CCS1. The van der Waals surface area contributed by atoms with E-state index in [-0.39, 0.29) is 12.0 Å². The van der Waals surface area contributed by atoms with Crippen LogP contribution in [0.1, 0.15) is 26.2 Å². The Morgan fingerprint density at radius 3 is 2.87 bits per heavy atom. The number of amides is 1. The minimum Gasteiger partial charge on any atom is -0.340 e. The minimum absolute atomic E-state index is 0.111. The Labute approximate surface area is 95.8 Å². The Hall–Kier alpha value is -0.220. The molecule has 1 saturated carbocycles. The van der Waals surface area contributed by atoms with E-state index in [1.165, 1.54) is 0 Å². The highest BCUT2D eigenvalue weighted by Gasteiger charge is 2.34. The molecule has 4 heteroatoms. The fourth-order valence-electron chi connectivity index (χ4n) is 2.55. The van der Waals surface area contributed by atoms with Gasteiger partial charge in [-0.1, -0.05) is 13.3 Å². The Morgan fingerprint density at radius 2 is 2.27 bits per heavy atom. The highest BCUT2D eigenvalue weighted by atomic mass is 32.2. The van der Waals surface area contributed by atoms with E-state index in [1.807, 2.05) is 16.7 Å². The van der Waals surface area contributed by atoms with E-state index in [0.29, 0.717) is 11.2 Å². The van der Waals surface area contributed by atoms with Crippen molar-refractivity contribution in [2.24, 2.45) is 11.7 Å². The summed E-state index contributed by atoms with van der Waals surface area (Å²) in [4.78, 5) is 14.2. The number of nitrogens with two attached hydrogens (primary N) is 1. The molecule has 1 amide bonds. The van der Waals surface area contributed by atoms with Crippen LogP contribution in [-0.2, 0) is 4.79 Å². The van der Waals surface area contributed by atoms with Gasteiger partial charge in [0.25, 0.3) is 0 Å². The van der Waals surface area contributed by atoms with Crippen molar-refractivity contribution in [2.75, 3.05) is 18.8 Å². The lowest BCUT2D eigenvalue weighted by Crippen LogP contribution is -2.47. The van der Waals surface area contributed by atoms with Gasteiger partial charge < -0.3 is 10.6 Å². The van der Waals surface area contributed by atoms with E-state index in [1.54, 1.807) is 0 Å². The van der Waals surface area contributed by atoms with Gasteiger partial charge in [0.1, 0.15) is 0 Å². The van der Waals surface area contributed by atoms with Gasteiger partial charge >= 0.3 is 0 Å². The van der Waals surface area contributed by atoms with E-state index < -0.39 is 0 Å². The summed E-state index contributed by atoms with van der Waals surface area (Å²) in [6.45, 7) is 4.02. The van der Waals surface area contributed by atoms with Crippen LogP contribution < -0.4 is 5.73 Å². The molecule has 2 N–H and O–H groups in total. The van der Waals surface area contributed by atoms with Gasteiger partial charge in [-0.05, 0) is 12.8 Å². The standard InChI is InChI=1S/C11H20N2OS/c1-8-7-13(5-6-15-8)11(14)9-3-2-4-10(9)12/h8-10H,2-7,12H2,1H3. The average Bonchev–Trinajstić information content (AvgIpc) is 2.63. The first-order valence-electron chi connectivity index (χ1n) is 5.84. The van der Waals surface area contributed by atoms with Crippen LogP contribution in [0.4, 0.5) is 0 Å². The predicted octanol–water partition coefficient (Wildman–Crippen LogP) is 1.08. The lowest BCUT2D eigenvalue weighted by Gasteiger charge is -2.33. The highest BCUT2D eigenvalue weighted by molar-refractivity contribution is 7.99. The van der Waals surface area contributed by atoms with Crippen molar-refractivity contribution >= 4 is 17.7 Å². The molecule has 15 heavy (non-hydrogen) atoms. The molecule has 1 saturated heterocycles. The Kier molecular flexibility index (Phi) is 3.57. The van der Waals surface area contributed by atoms with Crippen molar-refractivity contribution in [1.82, 2.24) is 4.90 Å². The molecule has 86 valence electrons. The quantitative estimate of drug-likeness (QED) is 0.730. The van der Waals surface area contributed by atoms with Gasteiger partial charge in [0, 0.05) is 30.1 Å². The van der Waals surface area contributed by atoms with Crippen molar-refractivity contribution < 1.29 is 4.79 Å². The van der Waals surface area contributed by atoms with Gasteiger partial charge in [0.15, 0.2) is 0 Å². The van der Waals surface area contributed by atoms with Crippen LogP contribution in [0.25, 0.3) is 0 Å². The van der Waals surface area contributed by atoms with Crippen LogP contribution in [-0.4, -0.2) is 40.9 Å². The van der Waals surface area contributed by atoms with Crippen LogP contribution in [0.15, 0.2) is 0 Å². The molecule has 2 aliphatic rings. The summed E-state index contributed by atoms with van der Waals surface area (Å²) >= 11 is 1.96. The van der Waals surface area contributed by atoms with E-state index in [0.717, 1.165) is 38.1 Å². The fraction of sp³-hybridized carbons (Fsp3) is 0.909. The predicted molar refractivity (Wildman–Crippen MR) is 63.8 cm³/mol. The molecule has 0 aromatic rings. The summed E-state index contributed by atoms with van der Waals surface area (Å²) in [6.07, 6.45) is 3.14. The van der Waals surface area contributed by atoms with Gasteiger partial charge in [0.2, 0.25) is 5.91 Å². The summed E-state index contributed by atoms with van der Waals surface area (Å²) in [5.41, 5.74) is 5.97. The molecule has 1 aliphatic carbocycles. The summed E-state index contributed by atoms with van der Waals surface area (Å²) in [6, 6.07) is 0.113. The van der Waals surface area contributed by atoms with Crippen molar-refractivity contribution in [3.8, 4) is 0 Å². The molecule has 0 radical (unpaired) electrons. The number of rotatable bonds is 1. The summed E-state index contributed by atoms with van der Waals surface area (Å²) in [7, 11) is 0. The molecule has 2 fully saturated rings. The third kappa shape index (κ3) is 2.48. The highest BCUT2D eigenvalue weighted by Crippen LogP contribution is 2.27. The van der Waals surface area contributed by atoms with E-state index in [4.69, 9.17) is 5.73 Å². The molecule has 3 atom stereocenters. The molecule has 0 spiro atoms. The van der Waals surface area contributed by atoms with Gasteiger partial charge in [-0.3, -0.25) is 4.79 Å². The first-order chi connectivity index (χ1) is 7.18. The Morgan fingerprint density at radius 1 is 1.47 bits per heavy atom. The van der Waals surface area contributed by atoms with Crippen LogP contribution in [0.5, 0.6) is 0 Å². The fourth-order valence-corrected chi connectivity index (χ4v) is 3.56. The number of hydrogen-bond acceptors (Lipinski definition) is 3. The maximum atomic E-state index is 12.2. The lowest BCUT2D eigenvalue weighted by molar-refractivity contribution is -0.135. The maximum absolute atomic E-state index is 12.2. The van der Waals surface area contributed by atoms with Gasteiger partial charge in [-0.2, -0.15) is 11.8 Å². The zero-order chi connectivity index (χ0) is 10.8. The average molecular weight is 228 g/mol. The van der Waals surface area contributed by atoms with Crippen molar-refractivity contribution in [2.45, 2.75) is 37.5 Å². The molecular formula is C11H20N2OS. The zero-order valence-corrected chi connectivity index (χ0v) is 10.1. The van der Waals surface area contributed by atoms with Crippen LogP contribution in [0.3, 0.4) is 0 Å². The van der Waals surface area contributed by atoms with Crippen molar-refractivity contribution in [1.29, 1.82) is 0 Å². The van der Waals surface area contributed by atoms with Crippen molar-refractivity contribution in [3.63, 3.8) is 0 Å². The molecule has 1 aliphatic heterocycles. The van der Waals surface area contributed by atoms with Crippen LogP contribution >= 0.6 is 11.8 Å². The Balaban J connectivity index is 1.94. The number of carbonyl (C=O) groups is 1. The van der Waals surface area contributed by atoms with E-state index >= 15 is 0 Å². The lowest BCUT2D eigenvalue weighted by atomic mass is 10.0. The van der Waals surface area contributed by atoms with E-state index in [2.05, 4.69) is 6.92 Å². The van der Waals surface area contributed by atoms with E-state index in [9.17, 15) is 4.79 Å². The molecule has 3 unspecified atom stereocenters. The zero-order valence-electron chi connectivity index (χ0n) is 9.32. The number of nitrogens with zero attached hydrogens (tertiary/aromatic N) is 1. The third-order valence-electron chi connectivity index (χ3n) is 3.44. The third-order valence-corrected chi connectivity index (χ3v) is 4.58. The summed E-state index contributed by atoms with van der Waals surface area (Å²) in [5.74, 6) is 1.50. The second-order valence-electron chi connectivity index (χ2n) is 4.67. The summed E-state index contributed by atoms with van der Waals surface area (Å²) < 4.78 is 0.